The summed E-state index contributed by atoms with van der Waals surface area (Å²) in [6, 6.07) is 6.84. The van der Waals surface area contributed by atoms with Gasteiger partial charge in [0.25, 0.3) is 5.89 Å². The molecule has 0 spiro atoms. The Morgan fingerprint density at radius 2 is 2.35 bits per heavy atom. The maximum atomic E-state index is 5.82. The summed E-state index contributed by atoms with van der Waals surface area (Å²) in [6.07, 6.45) is 0. The molecule has 1 atom stereocenters. The number of nitrogens with two attached hydrogens (primary N) is 1. The Labute approximate surface area is 104 Å². The summed E-state index contributed by atoms with van der Waals surface area (Å²) < 4.78 is 10.4. The highest BCUT2D eigenvalue weighted by Gasteiger charge is 2.10. The predicted octanol–water partition coefficient (Wildman–Crippen LogP) is 2.32. The molecule has 17 heavy (non-hydrogen) atoms. The minimum atomic E-state index is -0.251. The van der Waals surface area contributed by atoms with E-state index in [1.165, 1.54) is 0 Å². The minimum Gasteiger partial charge on any atom is -0.484 e. The lowest BCUT2D eigenvalue weighted by molar-refractivity contribution is 0.242. The molecule has 2 aromatic rings. The zero-order chi connectivity index (χ0) is 12.3. The lowest BCUT2D eigenvalue weighted by atomic mass is 10.3. The molecule has 0 aliphatic heterocycles. The molecule has 0 bridgehead atoms. The molecule has 2 rings (SSSR count). The van der Waals surface area contributed by atoms with E-state index in [4.69, 9.17) is 26.6 Å². The number of ether oxygens (including phenoxy) is 1. The zero-order valence-electron chi connectivity index (χ0n) is 9.26. The topological polar surface area (TPSA) is 74.2 Å². The Morgan fingerprint density at radius 3 is 3.00 bits per heavy atom. The first kappa shape index (κ1) is 11.9. The van der Waals surface area contributed by atoms with Crippen LogP contribution in [0.15, 0.2) is 28.8 Å². The quantitative estimate of drug-likeness (QED) is 0.905. The van der Waals surface area contributed by atoms with Crippen molar-refractivity contribution in [2.75, 3.05) is 0 Å². The van der Waals surface area contributed by atoms with Crippen LogP contribution in [0.25, 0.3) is 0 Å². The number of hydrogen-bond donors (Lipinski definition) is 1. The van der Waals surface area contributed by atoms with Gasteiger partial charge in [0.05, 0.1) is 6.04 Å². The molecule has 1 aromatic heterocycles. The number of aromatic nitrogens is 2. The van der Waals surface area contributed by atoms with Crippen molar-refractivity contribution in [3.05, 3.63) is 41.0 Å². The van der Waals surface area contributed by atoms with E-state index in [0.717, 1.165) is 0 Å². The SMILES string of the molecule is CC(N)c1noc(COc2cccc(Cl)c2)n1. The van der Waals surface area contributed by atoms with Gasteiger partial charge in [0.1, 0.15) is 5.75 Å². The summed E-state index contributed by atoms with van der Waals surface area (Å²) >= 11 is 5.82. The van der Waals surface area contributed by atoms with E-state index in [1.54, 1.807) is 31.2 Å². The summed E-state index contributed by atoms with van der Waals surface area (Å²) in [7, 11) is 0. The fourth-order valence-electron chi connectivity index (χ4n) is 1.21. The van der Waals surface area contributed by atoms with Crippen LogP contribution in [0.3, 0.4) is 0 Å². The third-order valence-electron chi connectivity index (χ3n) is 2.05. The van der Waals surface area contributed by atoms with Gasteiger partial charge >= 0.3 is 0 Å². The van der Waals surface area contributed by atoms with Crippen LogP contribution in [0.5, 0.6) is 5.75 Å². The van der Waals surface area contributed by atoms with Crippen molar-refractivity contribution >= 4 is 11.6 Å². The fraction of sp³-hybridized carbons (Fsp3) is 0.273. The fourth-order valence-corrected chi connectivity index (χ4v) is 1.39. The monoisotopic (exact) mass is 253 g/mol. The van der Waals surface area contributed by atoms with Crippen LogP contribution in [0.4, 0.5) is 0 Å². The van der Waals surface area contributed by atoms with Gasteiger partial charge in [0, 0.05) is 5.02 Å². The molecule has 0 saturated heterocycles. The first-order valence-electron chi connectivity index (χ1n) is 5.11. The maximum absolute atomic E-state index is 5.82. The molecule has 0 fully saturated rings. The smallest absolute Gasteiger partial charge is 0.264 e. The highest BCUT2D eigenvalue weighted by molar-refractivity contribution is 6.30. The molecule has 6 heteroatoms. The normalized spacial score (nSPS) is 12.4. The molecule has 1 heterocycles. The van der Waals surface area contributed by atoms with Gasteiger partial charge in [0.2, 0.25) is 0 Å². The Balaban J connectivity index is 1.97. The van der Waals surface area contributed by atoms with E-state index in [1.807, 2.05) is 0 Å². The van der Waals surface area contributed by atoms with Crippen LogP contribution in [0.1, 0.15) is 24.7 Å². The molecule has 1 aromatic carbocycles. The van der Waals surface area contributed by atoms with Crippen molar-refractivity contribution in [1.82, 2.24) is 10.1 Å². The Hall–Kier alpha value is -1.59. The standard InChI is InChI=1S/C11H12ClN3O2/c1-7(13)11-14-10(17-15-11)6-16-9-4-2-3-8(12)5-9/h2-5,7H,6,13H2,1H3. The molecule has 0 aliphatic rings. The largest absolute Gasteiger partial charge is 0.484 e. The van der Waals surface area contributed by atoms with Gasteiger partial charge in [0.15, 0.2) is 12.4 Å². The van der Waals surface area contributed by atoms with Gasteiger partial charge in [-0.05, 0) is 25.1 Å². The van der Waals surface area contributed by atoms with Gasteiger partial charge in [-0.1, -0.05) is 22.8 Å². The van der Waals surface area contributed by atoms with E-state index >= 15 is 0 Å². The van der Waals surface area contributed by atoms with E-state index in [-0.39, 0.29) is 12.6 Å². The van der Waals surface area contributed by atoms with Crippen molar-refractivity contribution in [2.24, 2.45) is 5.73 Å². The van der Waals surface area contributed by atoms with Crippen molar-refractivity contribution in [2.45, 2.75) is 19.6 Å². The number of nitrogens with zero attached hydrogens (tertiary/aromatic N) is 2. The average molecular weight is 254 g/mol. The van der Waals surface area contributed by atoms with Crippen molar-refractivity contribution < 1.29 is 9.26 Å². The van der Waals surface area contributed by atoms with Crippen LogP contribution < -0.4 is 10.5 Å². The molecule has 0 saturated carbocycles. The van der Waals surface area contributed by atoms with Crippen LogP contribution in [-0.4, -0.2) is 10.1 Å². The van der Waals surface area contributed by atoms with E-state index in [9.17, 15) is 0 Å². The van der Waals surface area contributed by atoms with Crippen molar-refractivity contribution in [3.63, 3.8) is 0 Å². The maximum Gasteiger partial charge on any atom is 0.264 e. The minimum absolute atomic E-state index is 0.195. The second-order valence-corrected chi connectivity index (χ2v) is 4.02. The summed E-state index contributed by atoms with van der Waals surface area (Å²) in [5.74, 6) is 1.50. The van der Waals surface area contributed by atoms with Crippen LogP contribution in [0.2, 0.25) is 5.02 Å². The third-order valence-corrected chi connectivity index (χ3v) is 2.28. The van der Waals surface area contributed by atoms with Crippen LogP contribution >= 0.6 is 11.6 Å². The lowest BCUT2D eigenvalue weighted by Crippen LogP contribution is -2.07. The molecule has 0 aliphatic carbocycles. The first-order valence-corrected chi connectivity index (χ1v) is 5.49. The summed E-state index contributed by atoms with van der Waals surface area (Å²) in [6.45, 7) is 1.98. The second-order valence-electron chi connectivity index (χ2n) is 3.58. The number of hydrogen-bond acceptors (Lipinski definition) is 5. The van der Waals surface area contributed by atoms with Gasteiger partial charge < -0.3 is 15.0 Å². The van der Waals surface area contributed by atoms with E-state index < -0.39 is 0 Å². The van der Waals surface area contributed by atoms with Gasteiger partial charge in [-0.2, -0.15) is 4.98 Å². The number of halogens is 1. The van der Waals surface area contributed by atoms with E-state index in [0.29, 0.717) is 22.5 Å². The molecule has 0 radical (unpaired) electrons. The van der Waals surface area contributed by atoms with Crippen LogP contribution in [-0.2, 0) is 6.61 Å². The first-order chi connectivity index (χ1) is 8.15. The summed E-state index contributed by atoms with van der Waals surface area (Å²) in [4.78, 5) is 4.09. The molecule has 5 nitrogen and oxygen atoms in total. The van der Waals surface area contributed by atoms with Crippen molar-refractivity contribution in [1.29, 1.82) is 0 Å². The van der Waals surface area contributed by atoms with Gasteiger partial charge in [-0.3, -0.25) is 0 Å². The molecule has 0 amide bonds. The number of rotatable bonds is 4. The molecule has 90 valence electrons. The number of benzene rings is 1. The van der Waals surface area contributed by atoms with Crippen LogP contribution in [0, 0.1) is 0 Å². The Morgan fingerprint density at radius 1 is 1.53 bits per heavy atom. The molecule has 1 unspecified atom stereocenters. The average Bonchev–Trinajstić information content (AvgIpc) is 2.75. The lowest BCUT2D eigenvalue weighted by Gasteiger charge is -2.02. The summed E-state index contributed by atoms with van der Waals surface area (Å²) in [5, 5.41) is 4.34. The highest BCUT2D eigenvalue weighted by atomic mass is 35.5. The zero-order valence-corrected chi connectivity index (χ0v) is 10.0. The van der Waals surface area contributed by atoms with Gasteiger partial charge in [-0.25, -0.2) is 0 Å². The molecular formula is C11H12ClN3O2. The Kier molecular flexibility index (Phi) is 3.61. The molecular weight excluding hydrogens is 242 g/mol. The molecule has 2 N–H and O–H groups in total. The van der Waals surface area contributed by atoms with E-state index in [2.05, 4.69) is 10.1 Å². The Bertz CT molecular complexity index is 499. The highest BCUT2D eigenvalue weighted by Crippen LogP contribution is 2.18. The van der Waals surface area contributed by atoms with Gasteiger partial charge in [-0.15, -0.1) is 0 Å². The summed E-state index contributed by atoms with van der Waals surface area (Å²) in [5.41, 5.74) is 5.61. The third kappa shape index (κ3) is 3.18. The second kappa shape index (κ2) is 5.16. The predicted molar refractivity (Wildman–Crippen MR) is 62.7 cm³/mol. The van der Waals surface area contributed by atoms with Crippen molar-refractivity contribution in [3.8, 4) is 5.75 Å².